The number of carboxylic acids is 1. The Morgan fingerprint density at radius 3 is 2.84 bits per heavy atom. The van der Waals surface area contributed by atoms with E-state index in [1.165, 1.54) is 0 Å². The van der Waals surface area contributed by atoms with Crippen LogP contribution in [0.5, 0.6) is 0 Å². The molecule has 2 aliphatic rings. The highest BCUT2D eigenvalue weighted by molar-refractivity contribution is 5.84. The molecule has 0 spiro atoms. The van der Waals surface area contributed by atoms with Crippen LogP contribution < -0.4 is 0 Å². The number of Topliss-reactive ketones (excluding diaryl/α,β-unsaturated/α-hetero) is 1. The van der Waals surface area contributed by atoms with E-state index in [4.69, 9.17) is 14.6 Å². The number of allylic oxidation sites excluding steroid dienone is 3. The van der Waals surface area contributed by atoms with Crippen LogP contribution in [0.3, 0.4) is 0 Å². The molecule has 32 heavy (non-hydrogen) atoms. The second-order valence-electron chi connectivity index (χ2n) is 9.21. The maximum atomic E-state index is 12.6. The highest BCUT2D eigenvalue weighted by atomic mass is 16.7. The van der Waals surface area contributed by atoms with E-state index < -0.39 is 5.97 Å². The van der Waals surface area contributed by atoms with Gasteiger partial charge in [0.05, 0.1) is 6.10 Å². The molecule has 0 bridgehead atoms. The molecule has 1 saturated heterocycles. The molecule has 1 heterocycles. The third-order valence-corrected chi connectivity index (χ3v) is 6.51. The van der Waals surface area contributed by atoms with Crippen molar-refractivity contribution >= 4 is 11.8 Å². The zero-order valence-electron chi connectivity index (χ0n) is 19.9. The van der Waals surface area contributed by atoms with Crippen molar-refractivity contribution in [2.24, 2.45) is 23.7 Å². The Balaban J connectivity index is 2.01. The molecular weight excluding hydrogens is 404 g/mol. The number of ether oxygens (including phenoxy) is 2. The van der Waals surface area contributed by atoms with Gasteiger partial charge in [-0.15, -0.1) is 11.8 Å². The third-order valence-electron chi connectivity index (χ3n) is 6.51. The predicted octanol–water partition coefficient (Wildman–Crippen LogP) is 5.55. The van der Waals surface area contributed by atoms with Gasteiger partial charge in [0, 0.05) is 31.8 Å². The smallest absolute Gasteiger partial charge is 0.303 e. The number of aliphatic carboxylic acids is 1. The fraction of sp³-hybridized carbons (Fsp3) is 0.704. The highest BCUT2D eigenvalue weighted by Crippen LogP contribution is 2.38. The minimum absolute atomic E-state index is 0.0192. The van der Waals surface area contributed by atoms with Crippen molar-refractivity contribution in [3.8, 4) is 11.8 Å². The molecule has 5 nitrogen and oxygen atoms in total. The number of hydrogen-bond acceptors (Lipinski definition) is 4. The van der Waals surface area contributed by atoms with E-state index in [0.29, 0.717) is 31.0 Å². The minimum atomic E-state index is -0.766. The largest absolute Gasteiger partial charge is 0.481 e. The Kier molecular flexibility index (Phi) is 11.8. The summed E-state index contributed by atoms with van der Waals surface area (Å²) in [5.41, 5.74) is 0. The molecule has 2 fully saturated rings. The second-order valence-corrected chi connectivity index (χ2v) is 9.21. The first-order chi connectivity index (χ1) is 15.4. The standard InChI is InChI=1S/C27H40O5/c1-4-5-12-20(2)25(32-27-15-10-11-18-31-27)17-16-22-21(3)19-24(28)23(22)13-8-6-7-9-14-26(29)30/h6,8,16-17,20-23,25,27H,7,9-15,18-19H2,1-3H3,(H,29,30)/t20?,21-,22+,23-,25-,27?/m1/s1. The monoisotopic (exact) mass is 444 g/mol. The van der Waals surface area contributed by atoms with Gasteiger partial charge < -0.3 is 14.6 Å². The molecule has 0 aromatic rings. The summed E-state index contributed by atoms with van der Waals surface area (Å²) in [7, 11) is 0. The Labute approximate surface area is 193 Å². The molecule has 1 aliphatic heterocycles. The van der Waals surface area contributed by atoms with Crippen molar-refractivity contribution in [3.05, 3.63) is 24.3 Å². The van der Waals surface area contributed by atoms with Gasteiger partial charge in [-0.2, -0.15) is 0 Å². The molecule has 1 saturated carbocycles. The van der Waals surface area contributed by atoms with Gasteiger partial charge in [0.2, 0.25) is 0 Å². The minimum Gasteiger partial charge on any atom is -0.481 e. The third kappa shape index (κ3) is 8.92. The van der Waals surface area contributed by atoms with Crippen LogP contribution in [0.4, 0.5) is 0 Å². The number of unbranched alkanes of at least 4 members (excludes halogenated alkanes) is 1. The molecular formula is C27H40O5. The van der Waals surface area contributed by atoms with Crippen LogP contribution in [0.1, 0.15) is 78.6 Å². The quantitative estimate of drug-likeness (QED) is 0.243. The Morgan fingerprint density at radius 2 is 2.16 bits per heavy atom. The van der Waals surface area contributed by atoms with Crippen LogP contribution in [0.25, 0.3) is 0 Å². The number of ketones is 1. The summed E-state index contributed by atoms with van der Waals surface area (Å²) < 4.78 is 12.1. The molecule has 178 valence electrons. The van der Waals surface area contributed by atoms with Crippen molar-refractivity contribution in [2.45, 2.75) is 91.0 Å². The highest BCUT2D eigenvalue weighted by Gasteiger charge is 2.37. The summed E-state index contributed by atoms with van der Waals surface area (Å²) in [6, 6.07) is 0. The van der Waals surface area contributed by atoms with Gasteiger partial charge in [0.15, 0.2) is 6.29 Å². The molecule has 0 amide bonds. The van der Waals surface area contributed by atoms with E-state index in [1.807, 2.05) is 19.1 Å². The van der Waals surface area contributed by atoms with Gasteiger partial charge >= 0.3 is 5.97 Å². The molecule has 6 atom stereocenters. The van der Waals surface area contributed by atoms with Crippen molar-refractivity contribution in [1.82, 2.24) is 0 Å². The van der Waals surface area contributed by atoms with Gasteiger partial charge in [-0.1, -0.05) is 38.2 Å². The summed E-state index contributed by atoms with van der Waals surface area (Å²) in [5.74, 6) is 6.41. The first kappa shape index (κ1) is 26.4. The lowest BCUT2D eigenvalue weighted by molar-refractivity contribution is -0.186. The van der Waals surface area contributed by atoms with Crippen molar-refractivity contribution in [2.75, 3.05) is 6.61 Å². The summed E-state index contributed by atoms with van der Waals surface area (Å²) in [6.07, 6.45) is 14.9. The van der Waals surface area contributed by atoms with Gasteiger partial charge in [-0.05, 0) is 63.2 Å². The molecule has 0 radical (unpaired) electrons. The Hall–Kier alpha value is -1.90. The lowest BCUT2D eigenvalue weighted by atomic mass is 9.86. The number of carboxylic acid groups (broad SMARTS) is 1. The van der Waals surface area contributed by atoms with Gasteiger partial charge in [-0.25, -0.2) is 0 Å². The fourth-order valence-corrected chi connectivity index (χ4v) is 4.54. The van der Waals surface area contributed by atoms with Crippen LogP contribution in [-0.4, -0.2) is 35.9 Å². The van der Waals surface area contributed by atoms with Gasteiger partial charge in [0.25, 0.3) is 0 Å². The zero-order valence-corrected chi connectivity index (χ0v) is 19.9. The van der Waals surface area contributed by atoms with Crippen LogP contribution in [0, 0.1) is 35.5 Å². The van der Waals surface area contributed by atoms with Crippen LogP contribution in [-0.2, 0) is 19.1 Å². The summed E-state index contributed by atoms with van der Waals surface area (Å²) in [6.45, 7) is 6.91. The van der Waals surface area contributed by atoms with Crippen molar-refractivity contribution < 1.29 is 24.2 Å². The maximum absolute atomic E-state index is 12.6. The molecule has 0 aromatic heterocycles. The van der Waals surface area contributed by atoms with E-state index in [1.54, 1.807) is 0 Å². The molecule has 0 aromatic carbocycles. The van der Waals surface area contributed by atoms with Crippen LogP contribution >= 0.6 is 0 Å². The lowest BCUT2D eigenvalue weighted by Gasteiger charge is -2.29. The van der Waals surface area contributed by atoms with Crippen LogP contribution in [0.2, 0.25) is 0 Å². The number of hydrogen-bond donors (Lipinski definition) is 1. The maximum Gasteiger partial charge on any atom is 0.303 e. The topological polar surface area (TPSA) is 72.8 Å². The van der Waals surface area contributed by atoms with E-state index in [2.05, 4.69) is 37.8 Å². The zero-order chi connectivity index (χ0) is 23.3. The number of carbonyl (C=O) groups is 2. The van der Waals surface area contributed by atoms with E-state index in [9.17, 15) is 9.59 Å². The van der Waals surface area contributed by atoms with Gasteiger partial charge in [-0.3, -0.25) is 9.59 Å². The first-order valence-electron chi connectivity index (χ1n) is 12.2. The average Bonchev–Trinajstić information content (AvgIpc) is 3.04. The number of carbonyl (C=O) groups excluding carboxylic acids is 1. The molecule has 2 unspecified atom stereocenters. The van der Waals surface area contributed by atoms with Gasteiger partial charge in [0.1, 0.15) is 5.78 Å². The van der Waals surface area contributed by atoms with Crippen molar-refractivity contribution in [3.63, 3.8) is 0 Å². The molecule has 5 heteroatoms. The SMILES string of the molecule is CC#CCC(C)[C@@H](C=C[C@H]1[C@H](C)CC(=O)[C@@H]1CC=CCCCC(=O)O)OC1CCCCO1. The second kappa shape index (κ2) is 14.3. The van der Waals surface area contributed by atoms with E-state index in [-0.39, 0.29) is 36.6 Å². The molecule has 1 aliphatic carbocycles. The Bertz CT molecular complexity index is 707. The van der Waals surface area contributed by atoms with Crippen LogP contribution in [0.15, 0.2) is 24.3 Å². The Morgan fingerprint density at radius 1 is 1.34 bits per heavy atom. The van der Waals surface area contributed by atoms with Crippen molar-refractivity contribution in [1.29, 1.82) is 0 Å². The average molecular weight is 445 g/mol. The summed E-state index contributed by atoms with van der Waals surface area (Å²) in [4.78, 5) is 23.2. The van der Waals surface area contributed by atoms with E-state index >= 15 is 0 Å². The molecule has 2 rings (SSSR count). The molecule has 1 N–H and O–H groups in total. The lowest BCUT2D eigenvalue weighted by Crippen LogP contribution is -2.30. The predicted molar refractivity (Wildman–Crippen MR) is 126 cm³/mol. The first-order valence-corrected chi connectivity index (χ1v) is 12.2. The summed E-state index contributed by atoms with van der Waals surface area (Å²) in [5, 5.41) is 8.73. The summed E-state index contributed by atoms with van der Waals surface area (Å²) >= 11 is 0. The van der Waals surface area contributed by atoms with E-state index in [0.717, 1.165) is 38.7 Å². The normalized spacial score (nSPS) is 28.0. The number of rotatable bonds is 12. The fourth-order valence-electron chi connectivity index (χ4n) is 4.54.